The van der Waals surface area contributed by atoms with Gasteiger partial charge in [0.25, 0.3) is 0 Å². The fourth-order valence-corrected chi connectivity index (χ4v) is 2.69. The summed E-state index contributed by atoms with van der Waals surface area (Å²) in [5, 5.41) is 10.6. The summed E-state index contributed by atoms with van der Waals surface area (Å²) in [5.74, 6) is 0. The number of rotatable bonds is 3. The Morgan fingerprint density at radius 1 is 1.44 bits per heavy atom. The zero-order valence-electron chi connectivity index (χ0n) is 10.2. The molecule has 0 aliphatic carbocycles. The molecule has 0 aromatic heterocycles. The second-order valence-electron chi connectivity index (χ2n) is 4.99. The van der Waals surface area contributed by atoms with Crippen molar-refractivity contribution in [3.63, 3.8) is 0 Å². The molecule has 1 saturated heterocycles. The van der Waals surface area contributed by atoms with Crippen LogP contribution in [0.1, 0.15) is 39.0 Å². The Hall–Kier alpha value is -0.540. The Kier molecular flexibility index (Phi) is 3.87. The van der Waals surface area contributed by atoms with Gasteiger partial charge in [0.2, 0.25) is 0 Å². The van der Waals surface area contributed by atoms with Gasteiger partial charge in [0.1, 0.15) is 0 Å². The number of likely N-dealkylation sites (tertiary alicyclic amines) is 1. The molecule has 2 aliphatic heterocycles. The highest BCUT2D eigenvalue weighted by Gasteiger charge is 2.36. The van der Waals surface area contributed by atoms with Crippen molar-refractivity contribution < 1.29 is 9.84 Å². The third-order valence-electron chi connectivity index (χ3n) is 3.75. The number of hydrogen-bond acceptors (Lipinski definition) is 3. The first-order valence-electron chi connectivity index (χ1n) is 6.50. The average Bonchev–Trinajstić information content (AvgIpc) is 2.34. The zero-order chi connectivity index (χ0) is 11.4. The summed E-state index contributed by atoms with van der Waals surface area (Å²) in [5.41, 5.74) is 0.542. The summed E-state index contributed by atoms with van der Waals surface area (Å²) < 4.78 is 5.34. The monoisotopic (exact) mass is 225 g/mol. The summed E-state index contributed by atoms with van der Waals surface area (Å²) in [6.45, 7) is 6.20. The average molecular weight is 225 g/mol. The van der Waals surface area contributed by atoms with Crippen molar-refractivity contribution >= 4 is 0 Å². The maximum atomic E-state index is 10.6. The van der Waals surface area contributed by atoms with Crippen molar-refractivity contribution in [3.05, 3.63) is 11.8 Å². The van der Waals surface area contributed by atoms with Crippen LogP contribution in [0.15, 0.2) is 11.8 Å². The van der Waals surface area contributed by atoms with E-state index in [0.717, 1.165) is 57.5 Å². The molecule has 0 unspecified atom stereocenters. The number of ether oxygens (including phenoxy) is 1. The molecule has 3 heteroatoms. The molecule has 0 aromatic rings. The van der Waals surface area contributed by atoms with E-state index in [1.807, 2.05) is 0 Å². The first-order valence-corrected chi connectivity index (χ1v) is 6.50. The number of piperidine rings is 1. The topological polar surface area (TPSA) is 32.7 Å². The van der Waals surface area contributed by atoms with Gasteiger partial charge in [-0.3, -0.25) is 0 Å². The van der Waals surface area contributed by atoms with Crippen LogP contribution in [0.4, 0.5) is 0 Å². The molecule has 0 spiro atoms. The standard InChI is InChI=1S/C13H23NO2/c1-2-7-14-8-5-13(15,6-9-14)12-4-3-10-16-11-12/h11,15H,2-10H2,1H3. The molecule has 1 N–H and O–H groups in total. The van der Waals surface area contributed by atoms with E-state index in [0.29, 0.717) is 0 Å². The predicted molar refractivity (Wildman–Crippen MR) is 64.2 cm³/mol. The van der Waals surface area contributed by atoms with Crippen LogP contribution in [-0.4, -0.2) is 41.8 Å². The molecule has 0 aromatic carbocycles. The van der Waals surface area contributed by atoms with E-state index in [1.54, 1.807) is 6.26 Å². The quantitative estimate of drug-likeness (QED) is 0.796. The molecule has 0 saturated carbocycles. The molecule has 1 fully saturated rings. The van der Waals surface area contributed by atoms with Crippen molar-refractivity contribution in [2.75, 3.05) is 26.2 Å². The van der Waals surface area contributed by atoms with E-state index < -0.39 is 5.60 Å². The highest BCUT2D eigenvalue weighted by Crippen LogP contribution is 2.33. The molecule has 3 nitrogen and oxygen atoms in total. The summed E-state index contributed by atoms with van der Waals surface area (Å²) in [6, 6.07) is 0. The summed E-state index contributed by atoms with van der Waals surface area (Å²) in [6.07, 6.45) is 6.78. The van der Waals surface area contributed by atoms with Gasteiger partial charge in [0.05, 0.1) is 18.5 Å². The smallest absolute Gasteiger partial charge is 0.0913 e. The van der Waals surface area contributed by atoms with Crippen LogP contribution in [0.25, 0.3) is 0 Å². The highest BCUT2D eigenvalue weighted by molar-refractivity contribution is 5.17. The van der Waals surface area contributed by atoms with Crippen LogP contribution in [0, 0.1) is 0 Å². The minimum atomic E-state index is -0.579. The maximum Gasteiger partial charge on any atom is 0.0913 e. The van der Waals surface area contributed by atoms with E-state index in [2.05, 4.69) is 11.8 Å². The lowest BCUT2D eigenvalue weighted by Crippen LogP contribution is -2.46. The second kappa shape index (κ2) is 5.19. The Balaban J connectivity index is 1.92. The van der Waals surface area contributed by atoms with Gasteiger partial charge in [0, 0.05) is 13.1 Å². The first kappa shape index (κ1) is 11.9. The molecule has 2 rings (SSSR count). The van der Waals surface area contributed by atoms with E-state index >= 15 is 0 Å². The SMILES string of the molecule is CCCN1CCC(O)(C2=COCCC2)CC1. The predicted octanol–water partition coefficient (Wildman–Crippen LogP) is 1.92. The van der Waals surface area contributed by atoms with Crippen LogP contribution in [-0.2, 0) is 4.74 Å². The minimum Gasteiger partial charge on any atom is -0.501 e. The number of hydrogen-bond donors (Lipinski definition) is 1. The van der Waals surface area contributed by atoms with Crippen molar-refractivity contribution in [1.29, 1.82) is 0 Å². The van der Waals surface area contributed by atoms with E-state index in [9.17, 15) is 5.11 Å². The number of nitrogens with zero attached hydrogens (tertiary/aromatic N) is 1. The maximum absolute atomic E-state index is 10.6. The normalized spacial score (nSPS) is 26.0. The van der Waals surface area contributed by atoms with Gasteiger partial charge in [-0.25, -0.2) is 0 Å². The molecule has 16 heavy (non-hydrogen) atoms. The van der Waals surface area contributed by atoms with E-state index in [1.165, 1.54) is 6.42 Å². The van der Waals surface area contributed by atoms with Gasteiger partial charge in [0.15, 0.2) is 0 Å². The summed E-state index contributed by atoms with van der Waals surface area (Å²) >= 11 is 0. The fraction of sp³-hybridized carbons (Fsp3) is 0.846. The van der Waals surface area contributed by atoms with Gasteiger partial charge >= 0.3 is 0 Å². The summed E-state index contributed by atoms with van der Waals surface area (Å²) in [4.78, 5) is 2.44. The second-order valence-corrected chi connectivity index (χ2v) is 4.99. The summed E-state index contributed by atoms with van der Waals surface area (Å²) in [7, 11) is 0. The Morgan fingerprint density at radius 2 is 2.19 bits per heavy atom. The van der Waals surface area contributed by atoms with Crippen LogP contribution in [0.3, 0.4) is 0 Å². The molecular formula is C13H23NO2. The molecule has 2 heterocycles. The third-order valence-corrected chi connectivity index (χ3v) is 3.75. The van der Waals surface area contributed by atoms with Crippen molar-refractivity contribution in [2.45, 2.75) is 44.6 Å². The lowest BCUT2D eigenvalue weighted by atomic mass is 9.82. The lowest BCUT2D eigenvalue weighted by molar-refractivity contribution is 0.000443. The highest BCUT2D eigenvalue weighted by atomic mass is 16.5. The third kappa shape index (κ3) is 2.58. The Morgan fingerprint density at radius 3 is 2.75 bits per heavy atom. The largest absolute Gasteiger partial charge is 0.501 e. The molecule has 2 aliphatic rings. The van der Waals surface area contributed by atoms with Crippen LogP contribution < -0.4 is 0 Å². The van der Waals surface area contributed by atoms with Gasteiger partial charge in [-0.2, -0.15) is 0 Å². The first-order chi connectivity index (χ1) is 7.74. The van der Waals surface area contributed by atoms with Gasteiger partial charge < -0.3 is 14.7 Å². The molecule has 0 bridgehead atoms. The minimum absolute atomic E-state index is 0.579. The van der Waals surface area contributed by atoms with Crippen molar-refractivity contribution in [1.82, 2.24) is 4.90 Å². The van der Waals surface area contributed by atoms with Gasteiger partial charge in [-0.1, -0.05) is 6.92 Å². The lowest BCUT2D eigenvalue weighted by Gasteiger charge is -2.40. The molecule has 0 amide bonds. The Bertz CT molecular complexity index is 255. The van der Waals surface area contributed by atoms with Crippen LogP contribution >= 0.6 is 0 Å². The number of aliphatic hydroxyl groups is 1. The molecular weight excluding hydrogens is 202 g/mol. The van der Waals surface area contributed by atoms with Crippen LogP contribution in [0.5, 0.6) is 0 Å². The van der Waals surface area contributed by atoms with Crippen LogP contribution in [0.2, 0.25) is 0 Å². The van der Waals surface area contributed by atoms with Gasteiger partial charge in [-0.05, 0) is 44.2 Å². The fourth-order valence-electron chi connectivity index (χ4n) is 2.69. The molecule has 0 radical (unpaired) electrons. The van der Waals surface area contributed by atoms with Crippen molar-refractivity contribution in [3.8, 4) is 0 Å². The molecule has 0 atom stereocenters. The molecule has 92 valence electrons. The van der Waals surface area contributed by atoms with E-state index in [4.69, 9.17) is 4.74 Å². The Labute approximate surface area is 98.1 Å². The van der Waals surface area contributed by atoms with E-state index in [-0.39, 0.29) is 0 Å². The van der Waals surface area contributed by atoms with Crippen molar-refractivity contribution in [2.24, 2.45) is 0 Å². The zero-order valence-corrected chi connectivity index (χ0v) is 10.2. The van der Waals surface area contributed by atoms with Gasteiger partial charge in [-0.15, -0.1) is 0 Å².